The van der Waals surface area contributed by atoms with Crippen LogP contribution in [0.2, 0.25) is 0 Å². The molecule has 1 saturated heterocycles. The molecule has 10 heteroatoms. The maximum atomic E-state index is 12.9. The maximum Gasteiger partial charge on any atom is 0.267 e. The van der Waals surface area contributed by atoms with Crippen LogP contribution in [0.4, 0.5) is 11.9 Å². The van der Waals surface area contributed by atoms with E-state index in [9.17, 15) is 4.79 Å². The summed E-state index contributed by atoms with van der Waals surface area (Å²) in [4.78, 5) is 31.8. The number of anilines is 2. The second-order valence-corrected chi connectivity index (χ2v) is 7.65. The molecule has 2 aliphatic heterocycles. The number of carbonyl (C=O) groups excluding carboxylic acids is 1. The highest BCUT2D eigenvalue weighted by atomic mass is 16.6. The summed E-state index contributed by atoms with van der Waals surface area (Å²) in [6.45, 7) is 4.89. The van der Waals surface area contributed by atoms with Crippen molar-refractivity contribution in [3.05, 3.63) is 30.1 Å². The first kappa shape index (κ1) is 20.1. The van der Waals surface area contributed by atoms with Crippen LogP contribution >= 0.6 is 0 Å². The zero-order valence-electron chi connectivity index (χ0n) is 17.5. The van der Waals surface area contributed by atoms with E-state index in [2.05, 4.69) is 19.9 Å². The number of nitrogens with two attached hydrogens (primary N) is 1. The van der Waals surface area contributed by atoms with Gasteiger partial charge in [-0.3, -0.25) is 9.69 Å². The lowest BCUT2D eigenvalue weighted by atomic mass is 10.2. The Kier molecular flexibility index (Phi) is 5.58. The number of fused-ring (bicyclic) bond motifs is 1. The summed E-state index contributed by atoms with van der Waals surface area (Å²) in [5.74, 6) is 2.61. The molecule has 0 saturated carbocycles. The molecule has 2 aliphatic rings. The summed E-state index contributed by atoms with van der Waals surface area (Å²) in [6.07, 6.45) is -0.616. The van der Waals surface area contributed by atoms with Gasteiger partial charge in [-0.2, -0.15) is 15.0 Å². The molecular weight excluding hydrogens is 386 g/mol. The number of ether oxygens (including phenoxy) is 2. The fourth-order valence-electron chi connectivity index (χ4n) is 3.62. The average molecular weight is 413 g/mol. The van der Waals surface area contributed by atoms with Gasteiger partial charge in [0.15, 0.2) is 17.3 Å². The molecule has 0 radical (unpaired) electrons. The summed E-state index contributed by atoms with van der Waals surface area (Å²) in [5, 5.41) is 0. The second kappa shape index (κ2) is 8.31. The highest BCUT2D eigenvalue weighted by molar-refractivity contribution is 5.82. The van der Waals surface area contributed by atoms with Crippen LogP contribution in [-0.2, 0) is 4.79 Å². The van der Waals surface area contributed by atoms with Gasteiger partial charge in [-0.25, -0.2) is 0 Å². The van der Waals surface area contributed by atoms with Crippen LogP contribution in [0.25, 0.3) is 0 Å². The van der Waals surface area contributed by atoms with Crippen molar-refractivity contribution in [2.45, 2.75) is 19.1 Å². The Morgan fingerprint density at radius 2 is 1.83 bits per heavy atom. The minimum atomic E-state index is -0.616. The summed E-state index contributed by atoms with van der Waals surface area (Å²) in [6, 6.07) is 7.37. The third-order valence-corrected chi connectivity index (χ3v) is 5.39. The Balaban J connectivity index is 1.36. The van der Waals surface area contributed by atoms with Gasteiger partial charge in [-0.05, 0) is 19.1 Å². The van der Waals surface area contributed by atoms with Gasteiger partial charge in [-0.1, -0.05) is 12.1 Å². The Bertz CT molecular complexity index is 915. The zero-order valence-corrected chi connectivity index (χ0v) is 17.5. The molecule has 1 aromatic carbocycles. The molecule has 0 aliphatic carbocycles. The molecule has 1 fully saturated rings. The molecule has 10 nitrogen and oxygen atoms in total. The van der Waals surface area contributed by atoms with Crippen LogP contribution in [0.3, 0.4) is 0 Å². The van der Waals surface area contributed by atoms with Gasteiger partial charge in [0.25, 0.3) is 5.91 Å². The van der Waals surface area contributed by atoms with Gasteiger partial charge < -0.3 is 25.0 Å². The van der Waals surface area contributed by atoms with Crippen molar-refractivity contribution >= 4 is 17.8 Å². The fraction of sp³-hybridized carbons (Fsp3) is 0.500. The molecule has 0 bridgehead atoms. The molecule has 1 amide bonds. The molecule has 30 heavy (non-hydrogen) atoms. The van der Waals surface area contributed by atoms with E-state index in [1.165, 1.54) is 0 Å². The van der Waals surface area contributed by atoms with E-state index in [-0.39, 0.29) is 24.5 Å². The number of piperazine rings is 1. The molecule has 1 aromatic heterocycles. The van der Waals surface area contributed by atoms with Gasteiger partial charge in [0.2, 0.25) is 18.0 Å². The number of nitrogens with zero attached hydrogens (tertiary/aromatic N) is 6. The number of hydrogen-bond donors (Lipinski definition) is 1. The smallest absolute Gasteiger partial charge is 0.267 e. The van der Waals surface area contributed by atoms with E-state index >= 15 is 0 Å². The van der Waals surface area contributed by atoms with Crippen LogP contribution in [0, 0.1) is 0 Å². The van der Waals surface area contributed by atoms with Crippen LogP contribution in [0.15, 0.2) is 24.3 Å². The number of amides is 1. The first-order valence-electron chi connectivity index (χ1n) is 10.0. The lowest BCUT2D eigenvalue weighted by Crippen LogP contribution is -2.54. The van der Waals surface area contributed by atoms with Crippen molar-refractivity contribution in [1.29, 1.82) is 0 Å². The standard InChI is InChI=1S/C20H27N7O3/c1-13(17-22-19(21)24-20(23-17)25(2)3)26-8-10-27(11-9-26)18(28)16-12-29-14-6-4-5-7-15(14)30-16/h4-7,13,16H,8-12H2,1-3H3,(H2,21,22,23,24)/t13-,16+/m0/s1. The molecule has 160 valence electrons. The minimum Gasteiger partial charge on any atom is -0.485 e. The van der Waals surface area contributed by atoms with E-state index in [0.29, 0.717) is 49.5 Å². The van der Waals surface area contributed by atoms with Gasteiger partial charge >= 0.3 is 0 Å². The van der Waals surface area contributed by atoms with Gasteiger partial charge in [0.1, 0.15) is 6.61 Å². The summed E-state index contributed by atoms with van der Waals surface area (Å²) >= 11 is 0. The Morgan fingerprint density at radius 1 is 1.13 bits per heavy atom. The Hall–Kier alpha value is -3.14. The van der Waals surface area contributed by atoms with E-state index < -0.39 is 6.10 Å². The monoisotopic (exact) mass is 413 g/mol. The normalized spacial score (nSPS) is 20.0. The summed E-state index contributed by atoms with van der Waals surface area (Å²) < 4.78 is 11.5. The van der Waals surface area contributed by atoms with E-state index in [4.69, 9.17) is 15.2 Å². The number of para-hydroxylation sites is 2. The van der Waals surface area contributed by atoms with Gasteiger partial charge in [-0.15, -0.1) is 0 Å². The topological polar surface area (TPSA) is 110 Å². The average Bonchev–Trinajstić information content (AvgIpc) is 2.77. The lowest BCUT2D eigenvalue weighted by Gasteiger charge is -2.39. The van der Waals surface area contributed by atoms with Crippen molar-refractivity contribution in [3.63, 3.8) is 0 Å². The number of aromatic nitrogens is 3. The quantitative estimate of drug-likeness (QED) is 0.769. The first-order valence-corrected chi connectivity index (χ1v) is 10.0. The number of carbonyl (C=O) groups is 1. The largest absolute Gasteiger partial charge is 0.485 e. The van der Waals surface area contributed by atoms with Crippen LogP contribution < -0.4 is 20.1 Å². The highest BCUT2D eigenvalue weighted by Crippen LogP contribution is 2.31. The van der Waals surface area contributed by atoms with Crippen molar-refractivity contribution in [1.82, 2.24) is 24.8 Å². The molecule has 3 heterocycles. The number of benzene rings is 1. The molecule has 2 N–H and O–H groups in total. The second-order valence-electron chi connectivity index (χ2n) is 7.65. The van der Waals surface area contributed by atoms with Crippen molar-refractivity contribution in [2.24, 2.45) is 0 Å². The maximum absolute atomic E-state index is 12.9. The molecule has 4 rings (SSSR count). The van der Waals surface area contributed by atoms with E-state index in [0.717, 1.165) is 0 Å². The lowest BCUT2D eigenvalue weighted by molar-refractivity contribution is -0.143. The van der Waals surface area contributed by atoms with Gasteiger partial charge in [0.05, 0.1) is 6.04 Å². The van der Waals surface area contributed by atoms with Crippen molar-refractivity contribution < 1.29 is 14.3 Å². The van der Waals surface area contributed by atoms with Gasteiger partial charge in [0, 0.05) is 40.3 Å². The number of nitrogen functional groups attached to an aromatic ring is 1. The molecule has 2 aromatic rings. The Morgan fingerprint density at radius 3 is 2.53 bits per heavy atom. The van der Waals surface area contributed by atoms with Crippen LogP contribution in [0.5, 0.6) is 11.5 Å². The number of hydrogen-bond acceptors (Lipinski definition) is 9. The van der Waals surface area contributed by atoms with Crippen molar-refractivity contribution in [2.75, 3.05) is 57.5 Å². The first-order chi connectivity index (χ1) is 14.4. The molecule has 0 unspecified atom stereocenters. The predicted molar refractivity (Wildman–Crippen MR) is 111 cm³/mol. The third kappa shape index (κ3) is 4.09. The van der Waals surface area contributed by atoms with Crippen LogP contribution in [0.1, 0.15) is 18.8 Å². The third-order valence-electron chi connectivity index (χ3n) is 5.39. The van der Waals surface area contributed by atoms with Crippen LogP contribution in [-0.4, -0.2) is 83.6 Å². The van der Waals surface area contributed by atoms with E-state index in [1.54, 1.807) is 4.90 Å². The molecule has 2 atom stereocenters. The molecule has 0 spiro atoms. The minimum absolute atomic E-state index is 0.0348. The van der Waals surface area contributed by atoms with E-state index in [1.807, 2.05) is 50.2 Å². The fourth-order valence-corrected chi connectivity index (χ4v) is 3.62. The van der Waals surface area contributed by atoms with Crippen molar-refractivity contribution in [3.8, 4) is 11.5 Å². The number of rotatable bonds is 4. The summed E-state index contributed by atoms with van der Waals surface area (Å²) in [5.41, 5.74) is 5.86. The molecular formula is C20H27N7O3. The summed E-state index contributed by atoms with van der Waals surface area (Å²) in [7, 11) is 3.73. The highest BCUT2D eigenvalue weighted by Gasteiger charge is 2.34. The predicted octanol–water partition coefficient (Wildman–Crippen LogP) is 0.565. The Labute approximate surface area is 175 Å². The zero-order chi connectivity index (χ0) is 21.3. The SMILES string of the molecule is C[C@@H](c1nc(N)nc(N(C)C)n1)N1CCN(C(=O)[C@H]2COc3ccccc3O2)CC1.